The molecule has 0 unspecified atom stereocenters. The second-order valence-corrected chi connectivity index (χ2v) is 9.99. The first-order valence-corrected chi connectivity index (χ1v) is 14.5. The molecule has 1 aliphatic rings. The fourth-order valence-corrected chi connectivity index (χ4v) is 3.68. The van der Waals surface area contributed by atoms with Crippen LogP contribution in [0, 0.1) is 19.9 Å². The molecule has 1 heterocycles. The van der Waals surface area contributed by atoms with E-state index in [0.717, 1.165) is 12.8 Å². The average molecular weight is 482 g/mol. The zero-order chi connectivity index (χ0) is 22.1. The van der Waals surface area contributed by atoms with Gasteiger partial charge in [-0.3, -0.25) is 6.08 Å². The summed E-state index contributed by atoms with van der Waals surface area (Å²) in [6.07, 6.45) is 11.8. The fraction of sp³-hybridized carbons (Fsp3) is 0.148. The number of aromatic nitrogens is 1. The molecule has 0 N–H and O–H groups in total. The van der Waals surface area contributed by atoms with Crippen LogP contribution >= 0.6 is 18.6 Å². The van der Waals surface area contributed by atoms with E-state index in [1.807, 2.05) is 6.07 Å². The summed E-state index contributed by atoms with van der Waals surface area (Å²) in [4.78, 5) is 0. The van der Waals surface area contributed by atoms with Crippen LogP contribution in [0.25, 0.3) is 16.5 Å². The molecular formula is C27H25Cl2NTi-2. The van der Waals surface area contributed by atoms with Gasteiger partial charge in [0.25, 0.3) is 0 Å². The Bertz CT molecular complexity index is 1120. The van der Waals surface area contributed by atoms with Crippen molar-refractivity contribution >= 4 is 29.4 Å². The van der Waals surface area contributed by atoms with Crippen LogP contribution in [0.5, 0.6) is 0 Å². The summed E-state index contributed by atoms with van der Waals surface area (Å²) in [7, 11) is 9.78. The maximum atomic E-state index is 4.89. The number of nitrogens with zero attached hydrogens (tertiary/aromatic N) is 1. The Balaban J connectivity index is 0.000000161. The Hall–Kier alpha value is -1.90. The first kappa shape index (κ1) is 23.8. The van der Waals surface area contributed by atoms with E-state index in [9.17, 15) is 0 Å². The summed E-state index contributed by atoms with van der Waals surface area (Å²) in [5.41, 5.74) is 6.54. The molecule has 158 valence electrons. The molecule has 0 saturated carbocycles. The molecule has 1 nitrogen and oxygen atoms in total. The third-order valence-corrected chi connectivity index (χ3v) is 5.03. The summed E-state index contributed by atoms with van der Waals surface area (Å²) >= 11 is -0.556. The Labute approximate surface area is 202 Å². The molecule has 0 amide bonds. The van der Waals surface area contributed by atoms with Crippen molar-refractivity contribution in [3.63, 3.8) is 0 Å². The molecule has 4 heteroatoms. The molecule has 0 spiro atoms. The molecule has 31 heavy (non-hydrogen) atoms. The summed E-state index contributed by atoms with van der Waals surface area (Å²) < 4.78 is 2.25. The van der Waals surface area contributed by atoms with E-state index in [2.05, 4.69) is 110 Å². The number of halogens is 2. The fourth-order valence-electron chi connectivity index (χ4n) is 3.68. The molecule has 0 radical (unpaired) electrons. The molecule has 0 aliphatic heterocycles. The SMILES string of the molecule is Cc1cc(C)n(-c2cc3ccccc3[cH-]2)c1.[C-]1=C(Cc2ccccc2)C=CC1.[Cl][Ti][Cl]. The van der Waals surface area contributed by atoms with Crippen LogP contribution in [0.4, 0.5) is 0 Å². The van der Waals surface area contributed by atoms with Gasteiger partial charge in [-0.05, 0) is 43.1 Å². The van der Waals surface area contributed by atoms with Crippen LogP contribution in [-0.2, 0) is 23.5 Å². The molecule has 0 atom stereocenters. The van der Waals surface area contributed by atoms with Gasteiger partial charge >= 0.3 is 35.6 Å². The molecule has 0 fully saturated rings. The molecule has 1 aliphatic carbocycles. The predicted octanol–water partition coefficient (Wildman–Crippen LogP) is 8.26. The second-order valence-electron chi connectivity index (χ2n) is 7.41. The van der Waals surface area contributed by atoms with Crippen molar-refractivity contribution in [1.29, 1.82) is 0 Å². The van der Waals surface area contributed by atoms with Gasteiger partial charge in [-0.1, -0.05) is 36.4 Å². The topological polar surface area (TPSA) is 4.93 Å². The number of rotatable bonds is 3. The number of hydrogen-bond donors (Lipinski definition) is 0. The maximum absolute atomic E-state index is 4.89. The van der Waals surface area contributed by atoms with Gasteiger partial charge in [-0.15, -0.1) is 47.5 Å². The number of hydrogen-bond acceptors (Lipinski definition) is 0. The zero-order valence-electron chi connectivity index (χ0n) is 17.8. The first-order valence-electron chi connectivity index (χ1n) is 10.2. The minimum atomic E-state index is -0.556. The number of aryl methyl sites for hydroxylation is 2. The van der Waals surface area contributed by atoms with Crippen LogP contribution in [0.15, 0.2) is 96.7 Å². The van der Waals surface area contributed by atoms with Crippen LogP contribution in [0.1, 0.15) is 23.2 Å². The Morgan fingerprint density at radius 1 is 1.00 bits per heavy atom. The molecular weight excluding hydrogens is 457 g/mol. The predicted molar refractivity (Wildman–Crippen MR) is 131 cm³/mol. The van der Waals surface area contributed by atoms with Crippen molar-refractivity contribution in [3.8, 4) is 5.69 Å². The monoisotopic (exact) mass is 481 g/mol. The summed E-state index contributed by atoms with van der Waals surface area (Å²) in [5, 5.41) is 2.62. The number of benzene rings is 2. The first-order chi connectivity index (χ1) is 15.1. The van der Waals surface area contributed by atoms with Gasteiger partial charge in [0.15, 0.2) is 0 Å². The van der Waals surface area contributed by atoms with Crippen molar-refractivity contribution in [2.24, 2.45) is 0 Å². The average Bonchev–Trinajstić information content (AvgIpc) is 3.49. The Morgan fingerprint density at radius 2 is 1.71 bits per heavy atom. The van der Waals surface area contributed by atoms with Gasteiger partial charge in [-0.2, -0.15) is 6.08 Å². The quantitative estimate of drug-likeness (QED) is 0.205. The van der Waals surface area contributed by atoms with E-state index < -0.39 is 17.0 Å². The van der Waals surface area contributed by atoms with E-state index in [1.165, 1.54) is 38.9 Å². The zero-order valence-corrected chi connectivity index (χ0v) is 20.9. The van der Waals surface area contributed by atoms with E-state index in [4.69, 9.17) is 18.6 Å². The van der Waals surface area contributed by atoms with Gasteiger partial charge in [0.1, 0.15) is 0 Å². The molecule has 1 aromatic heterocycles. The molecule has 0 saturated heterocycles. The number of fused-ring (bicyclic) bond motifs is 1. The summed E-state index contributed by atoms with van der Waals surface area (Å²) in [6, 6.07) is 25.7. The summed E-state index contributed by atoms with van der Waals surface area (Å²) in [5.74, 6) is 0. The minimum absolute atomic E-state index is 0.556. The third-order valence-electron chi connectivity index (χ3n) is 5.03. The van der Waals surface area contributed by atoms with Crippen LogP contribution < -0.4 is 0 Å². The van der Waals surface area contributed by atoms with Gasteiger partial charge in [0.2, 0.25) is 0 Å². The van der Waals surface area contributed by atoms with Crippen molar-refractivity contribution < 1.29 is 17.0 Å². The van der Waals surface area contributed by atoms with E-state index in [1.54, 1.807) is 0 Å². The van der Waals surface area contributed by atoms with E-state index in [0.29, 0.717) is 0 Å². The number of allylic oxidation sites excluding steroid dienone is 4. The standard InChI is InChI=1S/C15H14N.C12H11.2ClH.Ti/c1-11-7-12(2)16(10-11)15-8-13-5-3-4-6-14(13)9-15;1-2-6-11(7-3-1)10-12-8-4-5-9-12;;;/h3-10H,1-2H3;1-4,6-8H,5,10H2;2*1H;/q2*-1;;;+2/p-2. The van der Waals surface area contributed by atoms with Crippen molar-refractivity contribution in [3.05, 3.63) is 120 Å². The van der Waals surface area contributed by atoms with Crippen molar-refractivity contribution in [1.82, 2.24) is 4.57 Å². The van der Waals surface area contributed by atoms with E-state index >= 15 is 0 Å². The van der Waals surface area contributed by atoms with Gasteiger partial charge < -0.3 is 4.57 Å². The van der Waals surface area contributed by atoms with E-state index in [-0.39, 0.29) is 0 Å². The van der Waals surface area contributed by atoms with Crippen LogP contribution in [-0.4, -0.2) is 4.57 Å². The van der Waals surface area contributed by atoms with Crippen LogP contribution in [0.3, 0.4) is 0 Å². The van der Waals surface area contributed by atoms with Gasteiger partial charge in [0.05, 0.1) is 0 Å². The Morgan fingerprint density at radius 3 is 2.32 bits per heavy atom. The Kier molecular flexibility index (Phi) is 9.37. The van der Waals surface area contributed by atoms with Crippen molar-refractivity contribution in [2.45, 2.75) is 26.7 Å². The summed E-state index contributed by atoms with van der Waals surface area (Å²) in [6.45, 7) is 4.27. The molecule has 0 bridgehead atoms. The van der Waals surface area contributed by atoms with Gasteiger partial charge in [0, 0.05) is 11.9 Å². The van der Waals surface area contributed by atoms with Crippen LogP contribution in [0.2, 0.25) is 0 Å². The van der Waals surface area contributed by atoms with Gasteiger partial charge in [-0.25, -0.2) is 11.6 Å². The third kappa shape index (κ3) is 7.05. The molecule has 4 aromatic rings. The second kappa shape index (κ2) is 12.2. The molecule has 3 aromatic carbocycles. The van der Waals surface area contributed by atoms with Crippen molar-refractivity contribution in [2.75, 3.05) is 0 Å². The normalized spacial score (nSPS) is 11.9. The molecule has 5 rings (SSSR count).